The number of nitrogens with zero attached hydrogens (tertiary/aromatic N) is 1. The van der Waals surface area contributed by atoms with Crippen molar-refractivity contribution in [2.75, 3.05) is 0 Å². The standard InChI is InChI=1S/C14H14Cl2N2O2S/c1-7-12(18-8(2)21-7)6-17-14(20)13(19)9-3-10(15)5-11(16)4-9/h3-5,13,19H,6H2,1-2H3,(H,17,20). The summed E-state index contributed by atoms with van der Waals surface area (Å²) in [5.74, 6) is -0.515. The Bertz CT molecular complexity index is 653. The van der Waals surface area contributed by atoms with Crippen molar-refractivity contribution in [3.05, 3.63) is 49.4 Å². The lowest BCUT2D eigenvalue weighted by atomic mass is 10.1. The summed E-state index contributed by atoms with van der Waals surface area (Å²) >= 11 is 13.3. The van der Waals surface area contributed by atoms with Crippen molar-refractivity contribution in [2.45, 2.75) is 26.5 Å². The molecule has 0 saturated heterocycles. The van der Waals surface area contributed by atoms with Gasteiger partial charge < -0.3 is 10.4 Å². The summed E-state index contributed by atoms with van der Waals surface area (Å²) < 4.78 is 0. The quantitative estimate of drug-likeness (QED) is 0.893. The van der Waals surface area contributed by atoms with Crippen LogP contribution in [0.1, 0.15) is 27.2 Å². The molecule has 1 aromatic heterocycles. The Morgan fingerprint density at radius 2 is 1.95 bits per heavy atom. The lowest BCUT2D eigenvalue weighted by Gasteiger charge is -2.12. The number of benzene rings is 1. The number of aromatic nitrogens is 1. The Morgan fingerprint density at radius 3 is 2.48 bits per heavy atom. The highest BCUT2D eigenvalue weighted by Crippen LogP contribution is 2.24. The normalized spacial score (nSPS) is 12.2. The zero-order valence-electron chi connectivity index (χ0n) is 11.5. The maximum absolute atomic E-state index is 12.0. The van der Waals surface area contributed by atoms with E-state index in [0.717, 1.165) is 15.6 Å². The third kappa shape index (κ3) is 4.17. The fourth-order valence-corrected chi connectivity index (χ4v) is 3.27. The van der Waals surface area contributed by atoms with E-state index in [1.165, 1.54) is 12.1 Å². The highest BCUT2D eigenvalue weighted by molar-refractivity contribution is 7.11. The minimum absolute atomic E-state index is 0.278. The summed E-state index contributed by atoms with van der Waals surface area (Å²) in [5, 5.41) is 14.4. The number of hydrogen-bond acceptors (Lipinski definition) is 4. The van der Waals surface area contributed by atoms with E-state index in [0.29, 0.717) is 15.6 Å². The monoisotopic (exact) mass is 344 g/mol. The molecule has 1 aromatic carbocycles. The molecule has 0 aliphatic carbocycles. The molecule has 112 valence electrons. The second-order valence-electron chi connectivity index (χ2n) is 4.56. The molecule has 1 atom stereocenters. The fourth-order valence-electron chi connectivity index (χ4n) is 1.89. The van der Waals surface area contributed by atoms with Gasteiger partial charge in [0.05, 0.1) is 17.2 Å². The first-order chi connectivity index (χ1) is 9.86. The Kier molecular flexibility index (Phi) is 5.22. The van der Waals surface area contributed by atoms with Gasteiger partial charge in [0.25, 0.3) is 5.91 Å². The largest absolute Gasteiger partial charge is 0.378 e. The van der Waals surface area contributed by atoms with Crippen LogP contribution in [0.3, 0.4) is 0 Å². The number of aliphatic hydroxyl groups is 1. The molecule has 0 aliphatic heterocycles. The lowest BCUT2D eigenvalue weighted by molar-refractivity contribution is -0.129. The van der Waals surface area contributed by atoms with Gasteiger partial charge >= 0.3 is 0 Å². The fraction of sp³-hybridized carbons (Fsp3) is 0.286. The molecule has 7 heteroatoms. The number of thiazole rings is 1. The predicted molar refractivity (Wildman–Crippen MR) is 84.9 cm³/mol. The Labute approximate surface area is 136 Å². The van der Waals surface area contributed by atoms with Crippen LogP contribution in [-0.4, -0.2) is 16.0 Å². The van der Waals surface area contributed by atoms with Crippen molar-refractivity contribution in [3.63, 3.8) is 0 Å². The zero-order chi connectivity index (χ0) is 15.6. The SMILES string of the molecule is Cc1nc(CNC(=O)C(O)c2cc(Cl)cc(Cl)c2)c(C)s1. The molecule has 4 nitrogen and oxygen atoms in total. The summed E-state index contributed by atoms with van der Waals surface area (Å²) in [7, 11) is 0. The van der Waals surface area contributed by atoms with E-state index < -0.39 is 12.0 Å². The van der Waals surface area contributed by atoms with Crippen molar-refractivity contribution in [3.8, 4) is 0 Å². The second-order valence-corrected chi connectivity index (χ2v) is 6.84. The number of carbonyl (C=O) groups is 1. The van der Waals surface area contributed by atoms with Crippen molar-refractivity contribution < 1.29 is 9.90 Å². The molecule has 0 bridgehead atoms. The van der Waals surface area contributed by atoms with Gasteiger partial charge in [0.1, 0.15) is 0 Å². The molecule has 21 heavy (non-hydrogen) atoms. The average Bonchev–Trinajstić information content (AvgIpc) is 2.72. The maximum Gasteiger partial charge on any atom is 0.253 e. The third-order valence-corrected chi connectivity index (χ3v) is 4.24. The molecule has 2 rings (SSSR count). The van der Waals surface area contributed by atoms with Crippen LogP contribution in [0.5, 0.6) is 0 Å². The van der Waals surface area contributed by atoms with Gasteiger partial charge in [-0.1, -0.05) is 23.2 Å². The van der Waals surface area contributed by atoms with Gasteiger partial charge in [-0.15, -0.1) is 11.3 Å². The van der Waals surface area contributed by atoms with Crippen LogP contribution in [0.15, 0.2) is 18.2 Å². The molecule has 0 spiro atoms. The molecular formula is C14H14Cl2N2O2S. The van der Waals surface area contributed by atoms with Crippen LogP contribution < -0.4 is 5.32 Å². The van der Waals surface area contributed by atoms with E-state index in [2.05, 4.69) is 10.3 Å². The predicted octanol–water partition coefficient (Wildman–Crippen LogP) is 3.42. The molecule has 1 amide bonds. The Balaban J connectivity index is 2.04. The number of nitrogens with one attached hydrogen (secondary N) is 1. The molecule has 0 saturated carbocycles. The molecule has 2 N–H and O–H groups in total. The summed E-state index contributed by atoms with van der Waals surface area (Å²) in [6.45, 7) is 4.13. The number of amides is 1. The lowest BCUT2D eigenvalue weighted by Crippen LogP contribution is -2.29. The topological polar surface area (TPSA) is 62.2 Å². The van der Waals surface area contributed by atoms with Gasteiger partial charge in [0.15, 0.2) is 6.10 Å². The summed E-state index contributed by atoms with van der Waals surface area (Å²) in [6.07, 6.45) is -1.32. The first-order valence-electron chi connectivity index (χ1n) is 6.21. The number of aryl methyl sites for hydroxylation is 2. The van der Waals surface area contributed by atoms with Gasteiger partial charge in [-0.2, -0.15) is 0 Å². The second kappa shape index (κ2) is 6.75. The van der Waals surface area contributed by atoms with Gasteiger partial charge in [-0.3, -0.25) is 4.79 Å². The van der Waals surface area contributed by atoms with Gasteiger partial charge in [-0.25, -0.2) is 4.98 Å². The van der Waals surface area contributed by atoms with Crippen LogP contribution in [0.4, 0.5) is 0 Å². The van der Waals surface area contributed by atoms with E-state index in [1.54, 1.807) is 17.4 Å². The Hall–Kier alpha value is -1.14. The smallest absolute Gasteiger partial charge is 0.253 e. The molecule has 1 heterocycles. The van der Waals surface area contributed by atoms with Crippen molar-refractivity contribution in [1.29, 1.82) is 0 Å². The van der Waals surface area contributed by atoms with E-state index >= 15 is 0 Å². The van der Waals surface area contributed by atoms with Crippen LogP contribution in [0, 0.1) is 13.8 Å². The molecule has 1 unspecified atom stereocenters. The molecule has 0 fully saturated rings. The third-order valence-electron chi connectivity index (χ3n) is 2.88. The first kappa shape index (κ1) is 16.2. The van der Waals surface area contributed by atoms with Crippen molar-refractivity contribution in [1.82, 2.24) is 10.3 Å². The maximum atomic E-state index is 12.0. The molecular weight excluding hydrogens is 331 g/mol. The minimum atomic E-state index is -1.32. The highest BCUT2D eigenvalue weighted by atomic mass is 35.5. The number of aliphatic hydroxyl groups excluding tert-OH is 1. The zero-order valence-corrected chi connectivity index (χ0v) is 13.8. The Morgan fingerprint density at radius 1 is 1.33 bits per heavy atom. The van der Waals surface area contributed by atoms with E-state index in [9.17, 15) is 9.90 Å². The first-order valence-corrected chi connectivity index (χ1v) is 7.78. The number of hydrogen-bond donors (Lipinski definition) is 2. The average molecular weight is 345 g/mol. The van der Waals surface area contributed by atoms with Crippen LogP contribution in [0.2, 0.25) is 10.0 Å². The molecule has 2 aromatic rings. The van der Waals surface area contributed by atoms with Gasteiger partial charge in [0, 0.05) is 14.9 Å². The number of carbonyl (C=O) groups excluding carboxylic acids is 1. The van der Waals surface area contributed by atoms with E-state index in [1.807, 2.05) is 13.8 Å². The van der Waals surface area contributed by atoms with Gasteiger partial charge in [-0.05, 0) is 37.6 Å². The number of rotatable bonds is 4. The minimum Gasteiger partial charge on any atom is -0.378 e. The van der Waals surface area contributed by atoms with Crippen LogP contribution in [0.25, 0.3) is 0 Å². The summed E-state index contributed by atoms with van der Waals surface area (Å²) in [4.78, 5) is 17.4. The molecule has 0 aliphatic rings. The summed E-state index contributed by atoms with van der Waals surface area (Å²) in [5.41, 5.74) is 1.17. The number of halogens is 2. The highest BCUT2D eigenvalue weighted by Gasteiger charge is 2.18. The van der Waals surface area contributed by atoms with Crippen LogP contribution in [-0.2, 0) is 11.3 Å². The van der Waals surface area contributed by atoms with Crippen molar-refractivity contribution >= 4 is 40.4 Å². The van der Waals surface area contributed by atoms with Gasteiger partial charge in [0.2, 0.25) is 0 Å². The summed E-state index contributed by atoms with van der Waals surface area (Å²) in [6, 6.07) is 4.56. The molecule has 0 radical (unpaired) electrons. The van der Waals surface area contributed by atoms with E-state index in [4.69, 9.17) is 23.2 Å². The van der Waals surface area contributed by atoms with E-state index in [-0.39, 0.29) is 6.54 Å². The van der Waals surface area contributed by atoms with Crippen LogP contribution >= 0.6 is 34.5 Å². The van der Waals surface area contributed by atoms with Crippen molar-refractivity contribution in [2.24, 2.45) is 0 Å².